The number of nitrogens with zero attached hydrogens (tertiary/aromatic N) is 1. The molecule has 6 nitrogen and oxygen atoms in total. The van der Waals surface area contributed by atoms with Crippen molar-refractivity contribution < 1.29 is 23.7 Å². The fourth-order valence-electron chi connectivity index (χ4n) is 6.37. The largest absolute Gasteiger partial charge is 0.505 e. The maximum atomic E-state index is 6.67. The Morgan fingerprint density at radius 3 is 2.46 bits per heavy atom. The molecule has 212 valence electrons. The number of morpholine rings is 1. The molecule has 3 fully saturated rings. The third-order valence-electron chi connectivity index (χ3n) is 8.34. The van der Waals surface area contributed by atoms with Crippen LogP contribution in [0.15, 0.2) is 66.9 Å². The summed E-state index contributed by atoms with van der Waals surface area (Å²) in [5, 5.41) is 0. The first-order valence-corrected chi connectivity index (χ1v) is 14.8. The van der Waals surface area contributed by atoms with Crippen LogP contribution in [0, 0.1) is 5.92 Å². The number of aryl methyl sites for hydroxylation is 1. The number of allylic oxidation sites excluding steroid dienone is 1. The monoisotopic (exact) mass is 535 g/mol. The first kappa shape index (κ1) is 28.3. The van der Waals surface area contributed by atoms with Crippen molar-refractivity contribution in [3.05, 3.63) is 72.5 Å². The summed E-state index contributed by atoms with van der Waals surface area (Å²) in [6, 6.07) is 19.8. The molecule has 2 heterocycles. The highest BCUT2D eigenvalue weighted by Crippen LogP contribution is 2.39. The molecule has 0 radical (unpaired) electrons. The van der Waals surface area contributed by atoms with Gasteiger partial charge >= 0.3 is 0 Å². The number of hydrogen-bond acceptors (Lipinski definition) is 6. The van der Waals surface area contributed by atoms with Crippen molar-refractivity contribution >= 4 is 0 Å². The minimum absolute atomic E-state index is 0.0972. The molecule has 2 aromatic rings. The van der Waals surface area contributed by atoms with Crippen LogP contribution in [-0.4, -0.2) is 76.1 Å². The van der Waals surface area contributed by atoms with Gasteiger partial charge in [-0.25, -0.2) is 0 Å². The standard InChI is InChI=1S/C33H45NO5/c1-35-20-8-12-29-30(37-22-7-9-26-14-16-28(17-15-26)27-10-3-2-4-11-27)25-31(39-32-13-5-6-21-38-32)33(29)34-18-23-36-24-19-34/h2-4,8,10-11,14-17,20,29-33H,5-7,9,12-13,18-19,21-25H2,1H3/t29-,30-,31+,32?,33+/m0/s1. The number of hydrogen-bond donors (Lipinski definition) is 0. The van der Waals surface area contributed by atoms with Crippen LogP contribution in [0.4, 0.5) is 0 Å². The second-order valence-electron chi connectivity index (χ2n) is 10.9. The third kappa shape index (κ3) is 7.92. The second kappa shape index (κ2) is 15.0. The summed E-state index contributed by atoms with van der Waals surface area (Å²) in [4.78, 5) is 2.57. The van der Waals surface area contributed by atoms with Gasteiger partial charge in [-0.1, -0.05) is 54.6 Å². The zero-order chi connectivity index (χ0) is 26.7. The van der Waals surface area contributed by atoms with Gasteiger partial charge in [-0.15, -0.1) is 0 Å². The SMILES string of the molecule is COC=CC[C@@H]1[C@@H](N2CCOCC2)[C@H](OC2CCCCO2)C[C@@H]1OCCCc1ccc(-c2ccccc2)cc1. The van der Waals surface area contributed by atoms with Crippen molar-refractivity contribution in [2.24, 2.45) is 5.92 Å². The van der Waals surface area contributed by atoms with Gasteiger partial charge in [0.1, 0.15) is 0 Å². The van der Waals surface area contributed by atoms with Gasteiger partial charge in [0.2, 0.25) is 0 Å². The fraction of sp³-hybridized carbons (Fsp3) is 0.576. The van der Waals surface area contributed by atoms with E-state index < -0.39 is 0 Å². The van der Waals surface area contributed by atoms with E-state index in [0.29, 0.717) is 5.92 Å². The smallest absolute Gasteiger partial charge is 0.158 e. The highest BCUT2D eigenvalue weighted by atomic mass is 16.7. The Hall–Kier alpha value is -2.22. The maximum Gasteiger partial charge on any atom is 0.158 e. The van der Waals surface area contributed by atoms with Crippen LogP contribution in [0.2, 0.25) is 0 Å². The van der Waals surface area contributed by atoms with Crippen molar-refractivity contribution in [2.45, 2.75) is 69.5 Å². The van der Waals surface area contributed by atoms with Crippen LogP contribution in [0.3, 0.4) is 0 Å². The first-order valence-electron chi connectivity index (χ1n) is 14.8. The molecule has 0 bridgehead atoms. The van der Waals surface area contributed by atoms with Gasteiger partial charge in [-0.05, 0) is 61.3 Å². The molecule has 0 aromatic heterocycles. The number of rotatable bonds is 12. The molecule has 0 N–H and O–H groups in total. The summed E-state index contributed by atoms with van der Waals surface area (Å²) in [6.07, 6.45) is 11.2. The zero-order valence-corrected chi connectivity index (χ0v) is 23.4. The van der Waals surface area contributed by atoms with Crippen molar-refractivity contribution in [1.29, 1.82) is 0 Å². The Labute approximate surface area is 234 Å². The Balaban J connectivity index is 1.20. The lowest BCUT2D eigenvalue weighted by molar-refractivity contribution is -0.200. The molecule has 1 unspecified atom stereocenters. The highest BCUT2D eigenvalue weighted by molar-refractivity contribution is 5.63. The normalized spacial score (nSPS) is 28.2. The van der Waals surface area contributed by atoms with Gasteiger partial charge in [0.05, 0.1) is 38.8 Å². The van der Waals surface area contributed by atoms with Crippen molar-refractivity contribution in [3.8, 4) is 11.1 Å². The fourth-order valence-corrected chi connectivity index (χ4v) is 6.37. The predicted octanol–water partition coefficient (Wildman–Crippen LogP) is 5.85. The third-order valence-corrected chi connectivity index (χ3v) is 8.34. The second-order valence-corrected chi connectivity index (χ2v) is 10.9. The van der Waals surface area contributed by atoms with E-state index in [0.717, 1.165) is 78.0 Å². The molecule has 2 saturated heterocycles. The molecule has 2 aliphatic heterocycles. The summed E-state index contributed by atoms with van der Waals surface area (Å²) in [6.45, 7) is 4.97. The van der Waals surface area contributed by atoms with E-state index >= 15 is 0 Å². The minimum atomic E-state index is -0.0972. The van der Waals surface area contributed by atoms with Crippen molar-refractivity contribution in [3.63, 3.8) is 0 Å². The van der Waals surface area contributed by atoms with Crippen molar-refractivity contribution in [1.82, 2.24) is 4.90 Å². The Kier molecular flexibility index (Phi) is 10.9. The average molecular weight is 536 g/mol. The van der Waals surface area contributed by atoms with Gasteiger partial charge in [-0.3, -0.25) is 4.90 Å². The molecule has 6 heteroatoms. The van der Waals surface area contributed by atoms with Crippen LogP contribution in [0.1, 0.15) is 44.1 Å². The quantitative estimate of drug-likeness (QED) is 0.251. The number of ether oxygens (including phenoxy) is 5. The number of benzene rings is 2. The van der Waals surface area contributed by atoms with E-state index in [-0.39, 0.29) is 24.5 Å². The molecule has 0 spiro atoms. The van der Waals surface area contributed by atoms with Crippen LogP contribution in [0.5, 0.6) is 0 Å². The lowest BCUT2D eigenvalue weighted by atomic mass is 9.95. The van der Waals surface area contributed by atoms with E-state index in [9.17, 15) is 0 Å². The average Bonchev–Trinajstić information content (AvgIpc) is 3.33. The molecule has 3 aliphatic rings. The van der Waals surface area contributed by atoms with E-state index in [1.807, 2.05) is 0 Å². The minimum Gasteiger partial charge on any atom is -0.505 e. The van der Waals surface area contributed by atoms with E-state index in [4.69, 9.17) is 23.7 Å². The molecule has 1 aliphatic carbocycles. The highest BCUT2D eigenvalue weighted by Gasteiger charge is 2.48. The Bertz CT molecular complexity index is 985. The summed E-state index contributed by atoms with van der Waals surface area (Å²) >= 11 is 0. The van der Waals surface area contributed by atoms with Crippen LogP contribution in [-0.2, 0) is 30.1 Å². The molecular weight excluding hydrogens is 490 g/mol. The number of methoxy groups -OCH3 is 1. The van der Waals surface area contributed by atoms with Gasteiger partial charge in [0.15, 0.2) is 6.29 Å². The predicted molar refractivity (Wildman–Crippen MR) is 153 cm³/mol. The lowest BCUT2D eigenvalue weighted by Gasteiger charge is -2.39. The molecule has 5 rings (SSSR count). The van der Waals surface area contributed by atoms with Crippen molar-refractivity contribution in [2.75, 3.05) is 46.6 Å². The van der Waals surface area contributed by atoms with E-state index in [2.05, 4.69) is 65.6 Å². The molecule has 5 atom stereocenters. The van der Waals surface area contributed by atoms with Gasteiger partial charge in [0, 0.05) is 44.7 Å². The molecule has 2 aromatic carbocycles. The lowest BCUT2D eigenvalue weighted by Crippen LogP contribution is -2.51. The van der Waals surface area contributed by atoms with Crippen LogP contribution < -0.4 is 0 Å². The van der Waals surface area contributed by atoms with Gasteiger partial charge in [-0.2, -0.15) is 0 Å². The summed E-state index contributed by atoms with van der Waals surface area (Å²) < 4.78 is 30.2. The first-order chi connectivity index (χ1) is 19.3. The molecule has 0 amide bonds. The molecular formula is C33H45NO5. The van der Waals surface area contributed by atoms with Crippen LogP contribution >= 0.6 is 0 Å². The summed E-state index contributed by atoms with van der Waals surface area (Å²) in [5.74, 6) is 0.341. The molecule has 1 saturated carbocycles. The topological polar surface area (TPSA) is 49.4 Å². The Morgan fingerprint density at radius 1 is 0.923 bits per heavy atom. The van der Waals surface area contributed by atoms with Gasteiger partial charge < -0.3 is 23.7 Å². The molecule has 39 heavy (non-hydrogen) atoms. The maximum absolute atomic E-state index is 6.67. The summed E-state index contributed by atoms with van der Waals surface area (Å²) in [7, 11) is 1.71. The van der Waals surface area contributed by atoms with Crippen LogP contribution in [0.25, 0.3) is 11.1 Å². The van der Waals surface area contributed by atoms with E-state index in [1.165, 1.54) is 23.1 Å². The van der Waals surface area contributed by atoms with E-state index in [1.54, 1.807) is 13.4 Å². The Morgan fingerprint density at radius 2 is 1.72 bits per heavy atom. The summed E-state index contributed by atoms with van der Waals surface area (Å²) in [5.41, 5.74) is 3.87. The van der Waals surface area contributed by atoms with Gasteiger partial charge in [0.25, 0.3) is 0 Å². The zero-order valence-electron chi connectivity index (χ0n) is 23.4.